The molecule has 0 heterocycles. The first-order valence-corrected chi connectivity index (χ1v) is 24.8. The fourth-order valence-corrected chi connectivity index (χ4v) is 5.80. The van der Waals surface area contributed by atoms with Gasteiger partial charge in [-0.15, -0.1) is 0 Å². The first kappa shape index (κ1) is 59.8. The molecule has 0 bridgehead atoms. The molecule has 6 heteroatoms. The maximum absolute atomic E-state index is 12.8. The number of unbranched alkanes of at least 4 members (excludes halogenated alkanes) is 9. The predicted molar refractivity (Wildman–Crippen MR) is 278 cm³/mol. The summed E-state index contributed by atoms with van der Waals surface area (Å²) in [4.78, 5) is 37.9. The Hall–Kier alpha value is -5.23. The van der Waals surface area contributed by atoms with E-state index in [2.05, 4.69) is 124 Å². The van der Waals surface area contributed by atoms with E-state index in [9.17, 15) is 14.4 Å². The summed E-state index contributed by atoms with van der Waals surface area (Å²) >= 11 is 0. The van der Waals surface area contributed by atoms with Gasteiger partial charge in [-0.3, -0.25) is 14.4 Å². The maximum atomic E-state index is 12.8. The SMILES string of the molecule is CC/C=C/C=C/C=C/C=C/C=C/C=C/CCCCCC(=O)OCC(COC(=O)CCCCCCC/C=C/C=C/C=C/CC)OC(=O)CCC/C=C/C/C=C/C/C=C/C/C=C/C/C=C/CC. The molecule has 0 aromatic heterocycles. The van der Waals surface area contributed by atoms with Crippen molar-refractivity contribution in [3.63, 3.8) is 0 Å². The van der Waals surface area contributed by atoms with Crippen molar-refractivity contribution in [1.29, 1.82) is 0 Å². The van der Waals surface area contributed by atoms with Crippen LogP contribution in [0, 0.1) is 0 Å². The topological polar surface area (TPSA) is 78.9 Å². The average Bonchev–Trinajstić information content (AvgIpc) is 3.30. The maximum Gasteiger partial charge on any atom is 0.306 e. The van der Waals surface area contributed by atoms with Crippen molar-refractivity contribution < 1.29 is 28.6 Å². The Morgan fingerprint density at radius 1 is 0.323 bits per heavy atom. The largest absolute Gasteiger partial charge is 0.462 e. The molecule has 65 heavy (non-hydrogen) atoms. The summed E-state index contributed by atoms with van der Waals surface area (Å²) < 4.78 is 16.7. The molecule has 6 nitrogen and oxygen atoms in total. The molecule has 0 saturated heterocycles. The van der Waals surface area contributed by atoms with Gasteiger partial charge in [0.15, 0.2) is 6.10 Å². The van der Waals surface area contributed by atoms with Gasteiger partial charge in [-0.1, -0.05) is 217 Å². The molecule has 0 amide bonds. The molecule has 1 atom stereocenters. The second-order valence-corrected chi connectivity index (χ2v) is 15.4. The minimum Gasteiger partial charge on any atom is -0.462 e. The molecule has 0 saturated carbocycles. The zero-order valence-electron chi connectivity index (χ0n) is 40.7. The molecule has 0 spiro atoms. The van der Waals surface area contributed by atoms with Crippen molar-refractivity contribution in [3.8, 4) is 0 Å². The van der Waals surface area contributed by atoms with Crippen molar-refractivity contribution in [2.75, 3.05) is 13.2 Å². The van der Waals surface area contributed by atoms with Gasteiger partial charge < -0.3 is 14.2 Å². The number of carbonyl (C=O) groups is 3. The highest BCUT2D eigenvalue weighted by atomic mass is 16.6. The summed E-state index contributed by atoms with van der Waals surface area (Å²) in [6, 6.07) is 0. The molecule has 0 aliphatic carbocycles. The van der Waals surface area contributed by atoms with E-state index >= 15 is 0 Å². The van der Waals surface area contributed by atoms with Crippen molar-refractivity contribution >= 4 is 17.9 Å². The molecular formula is C59H86O6. The highest BCUT2D eigenvalue weighted by Gasteiger charge is 2.19. The number of ether oxygens (including phenoxy) is 3. The first-order chi connectivity index (χ1) is 32.0. The Labute approximate surface area is 396 Å². The summed E-state index contributed by atoms with van der Waals surface area (Å²) in [6.07, 6.45) is 76.2. The van der Waals surface area contributed by atoms with Gasteiger partial charge in [0, 0.05) is 19.3 Å². The zero-order chi connectivity index (χ0) is 47.2. The predicted octanol–water partition coefficient (Wildman–Crippen LogP) is 16.4. The number of rotatable bonds is 41. The fraction of sp³-hybridized carbons (Fsp3) is 0.475. The lowest BCUT2D eigenvalue weighted by atomic mass is 10.1. The van der Waals surface area contributed by atoms with Crippen LogP contribution in [-0.2, 0) is 28.6 Å². The quantitative estimate of drug-likeness (QED) is 0.0200. The number of hydrogen-bond acceptors (Lipinski definition) is 6. The number of allylic oxidation sites excluding steroid dienone is 28. The molecular weight excluding hydrogens is 805 g/mol. The normalized spacial score (nSPS) is 13.6. The third-order valence-electron chi connectivity index (χ3n) is 9.42. The van der Waals surface area contributed by atoms with E-state index in [1.807, 2.05) is 66.8 Å². The minimum atomic E-state index is -0.844. The fourth-order valence-electron chi connectivity index (χ4n) is 5.80. The van der Waals surface area contributed by atoms with E-state index in [0.717, 1.165) is 109 Å². The minimum absolute atomic E-state index is 0.136. The molecule has 0 radical (unpaired) electrons. The lowest BCUT2D eigenvalue weighted by Crippen LogP contribution is -2.30. The summed E-state index contributed by atoms with van der Waals surface area (Å²) in [5, 5.41) is 0. The van der Waals surface area contributed by atoms with Crippen LogP contribution in [-0.4, -0.2) is 37.2 Å². The summed E-state index contributed by atoms with van der Waals surface area (Å²) in [5.74, 6) is -1.08. The van der Waals surface area contributed by atoms with E-state index in [-0.39, 0.29) is 38.0 Å². The van der Waals surface area contributed by atoms with Gasteiger partial charge in [0.25, 0.3) is 0 Å². The second kappa shape index (κ2) is 51.4. The van der Waals surface area contributed by atoms with Crippen molar-refractivity contribution in [2.24, 2.45) is 0 Å². The van der Waals surface area contributed by atoms with Crippen LogP contribution < -0.4 is 0 Å². The molecule has 0 fully saturated rings. The van der Waals surface area contributed by atoms with Crippen LogP contribution in [0.5, 0.6) is 0 Å². The lowest BCUT2D eigenvalue weighted by Gasteiger charge is -2.18. The third kappa shape index (κ3) is 49.6. The molecule has 0 aromatic rings. The lowest BCUT2D eigenvalue weighted by molar-refractivity contribution is -0.167. The van der Waals surface area contributed by atoms with Crippen LogP contribution in [0.15, 0.2) is 170 Å². The van der Waals surface area contributed by atoms with Crippen LogP contribution in [0.1, 0.15) is 162 Å². The van der Waals surface area contributed by atoms with Crippen LogP contribution >= 0.6 is 0 Å². The van der Waals surface area contributed by atoms with Gasteiger partial charge >= 0.3 is 17.9 Å². The van der Waals surface area contributed by atoms with Gasteiger partial charge in [-0.2, -0.15) is 0 Å². The third-order valence-corrected chi connectivity index (χ3v) is 9.42. The molecule has 0 aromatic carbocycles. The van der Waals surface area contributed by atoms with E-state index in [1.165, 1.54) is 0 Å². The van der Waals surface area contributed by atoms with E-state index in [0.29, 0.717) is 19.3 Å². The van der Waals surface area contributed by atoms with Crippen molar-refractivity contribution in [1.82, 2.24) is 0 Å². The van der Waals surface area contributed by atoms with Crippen molar-refractivity contribution in [3.05, 3.63) is 170 Å². The van der Waals surface area contributed by atoms with Crippen LogP contribution in [0.25, 0.3) is 0 Å². The van der Waals surface area contributed by atoms with Gasteiger partial charge in [0.1, 0.15) is 13.2 Å². The summed E-state index contributed by atoms with van der Waals surface area (Å²) in [7, 11) is 0. The monoisotopic (exact) mass is 891 g/mol. The van der Waals surface area contributed by atoms with Gasteiger partial charge in [-0.25, -0.2) is 0 Å². The molecule has 358 valence electrons. The van der Waals surface area contributed by atoms with Gasteiger partial charge in [0.2, 0.25) is 0 Å². The summed E-state index contributed by atoms with van der Waals surface area (Å²) in [6.45, 7) is 6.10. The Balaban J connectivity index is 4.66. The zero-order valence-corrected chi connectivity index (χ0v) is 40.7. The van der Waals surface area contributed by atoms with Gasteiger partial charge in [0.05, 0.1) is 0 Å². The molecule has 0 aliphatic heterocycles. The molecule has 1 unspecified atom stereocenters. The highest BCUT2D eigenvalue weighted by molar-refractivity contribution is 5.71. The molecule has 0 aliphatic rings. The average molecular weight is 891 g/mol. The standard InChI is InChI=1S/C59H86O6/c1-4-7-10-13-16-19-22-25-27-29-31-34-37-40-43-46-49-52-58(61)64-55-56(54-63-57(60)51-48-45-42-39-36-33-24-21-18-15-12-9-6-3)65-59(62)53-50-47-44-41-38-35-32-30-28-26-23-20-17-14-11-8-5-2/h7-13,15-22,24-29,31-32,34-35,37,41,44,56H,4-6,14,23,30,33,36,38-40,42-43,45-55H2,1-3H3/b10-7+,11-8+,12-9+,16-13+,18-15+,20-17+,22-19+,24-21+,27-25+,28-26+,31-29+,35-32+,37-34+,44-41+. The van der Waals surface area contributed by atoms with E-state index in [1.54, 1.807) is 0 Å². The Bertz CT molecular complexity index is 1590. The van der Waals surface area contributed by atoms with E-state index in [4.69, 9.17) is 14.2 Å². The first-order valence-electron chi connectivity index (χ1n) is 24.8. The molecule has 0 rings (SSSR count). The second-order valence-electron chi connectivity index (χ2n) is 15.4. The Kier molecular flexibility index (Phi) is 47.3. The highest BCUT2D eigenvalue weighted by Crippen LogP contribution is 2.11. The van der Waals surface area contributed by atoms with Crippen LogP contribution in [0.3, 0.4) is 0 Å². The Morgan fingerprint density at radius 2 is 0.646 bits per heavy atom. The molecule has 0 N–H and O–H groups in total. The Morgan fingerprint density at radius 3 is 1.09 bits per heavy atom. The summed E-state index contributed by atoms with van der Waals surface area (Å²) in [5.41, 5.74) is 0. The number of carbonyl (C=O) groups excluding carboxylic acids is 3. The number of esters is 3. The van der Waals surface area contributed by atoms with Crippen LogP contribution in [0.2, 0.25) is 0 Å². The van der Waals surface area contributed by atoms with E-state index < -0.39 is 12.1 Å². The van der Waals surface area contributed by atoms with Crippen LogP contribution in [0.4, 0.5) is 0 Å². The smallest absolute Gasteiger partial charge is 0.306 e. The van der Waals surface area contributed by atoms with Crippen molar-refractivity contribution in [2.45, 2.75) is 168 Å². The van der Waals surface area contributed by atoms with Gasteiger partial charge in [-0.05, 0) is 96.3 Å². The number of hydrogen-bond donors (Lipinski definition) is 0.